The van der Waals surface area contributed by atoms with Crippen molar-refractivity contribution in [3.63, 3.8) is 0 Å². The standard InChI is InChI=1S/C23H38N12O7/c24-6-2-1-4-15-22(42)32-14(5-3-7-27-23(25)26)20(40)29-10-17(36)31-16(8-19(38)39)21(41)28-9-13-11-35(34-33-13)12-18(37)30-15/h11,14-16H,1-10,12,24H2,(H,28,41)(H,29,40)(H,30,37)(H,31,36)(H,32,42)(H,38,39)(H4,25,26,27)/t14-,15+,16-/m1/s1. The Morgan fingerprint density at radius 3 is 2.24 bits per heavy atom. The first-order valence-electron chi connectivity index (χ1n) is 13.3. The molecule has 0 aliphatic carbocycles. The second-order valence-corrected chi connectivity index (χ2v) is 9.48. The molecule has 3 atom stereocenters. The molecular weight excluding hydrogens is 556 g/mol. The average molecular weight is 595 g/mol. The molecule has 1 aromatic heterocycles. The minimum Gasteiger partial charge on any atom is -0.481 e. The third kappa shape index (κ3) is 12.1. The fourth-order valence-electron chi connectivity index (χ4n) is 3.91. The third-order valence-corrected chi connectivity index (χ3v) is 5.97. The van der Waals surface area contributed by atoms with Crippen LogP contribution in [0.2, 0.25) is 0 Å². The van der Waals surface area contributed by atoms with Crippen LogP contribution in [0.4, 0.5) is 0 Å². The zero-order chi connectivity index (χ0) is 31.1. The highest BCUT2D eigenvalue weighted by molar-refractivity contribution is 5.95. The van der Waals surface area contributed by atoms with Gasteiger partial charge in [-0.25, -0.2) is 4.68 Å². The first kappa shape index (κ1) is 33.4. The van der Waals surface area contributed by atoms with Crippen molar-refractivity contribution in [3.05, 3.63) is 11.9 Å². The van der Waals surface area contributed by atoms with Gasteiger partial charge >= 0.3 is 5.97 Å². The largest absolute Gasteiger partial charge is 0.481 e. The van der Waals surface area contributed by atoms with Gasteiger partial charge in [0.05, 0.1) is 25.7 Å². The predicted octanol–water partition coefficient (Wildman–Crippen LogP) is -4.86. The maximum absolute atomic E-state index is 13.2. The van der Waals surface area contributed by atoms with E-state index < -0.39 is 66.6 Å². The first-order chi connectivity index (χ1) is 20.0. The summed E-state index contributed by atoms with van der Waals surface area (Å²) >= 11 is 0. The van der Waals surface area contributed by atoms with Gasteiger partial charge in [-0.2, -0.15) is 0 Å². The molecule has 42 heavy (non-hydrogen) atoms. The quantitative estimate of drug-likeness (QED) is 0.0699. The number of fused-ring (bicyclic) bond motifs is 2. The topological polar surface area (TPSA) is 304 Å². The predicted molar refractivity (Wildman–Crippen MR) is 146 cm³/mol. The Bertz CT molecular complexity index is 1150. The van der Waals surface area contributed by atoms with E-state index in [-0.39, 0.29) is 50.6 Å². The monoisotopic (exact) mass is 594 g/mol. The molecule has 19 heteroatoms. The van der Waals surface area contributed by atoms with E-state index >= 15 is 0 Å². The van der Waals surface area contributed by atoms with Crippen LogP contribution in [0.5, 0.6) is 0 Å². The van der Waals surface area contributed by atoms with Crippen molar-refractivity contribution < 1.29 is 33.9 Å². The van der Waals surface area contributed by atoms with Crippen LogP contribution in [0.3, 0.4) is 0 Å². The summed E-state index contributed by atoms with van der Waals surface area (Å²) in [6.45, 7) is -0.555. The van der Waals surface area contributed by atoms with Gasteiger partial charge in [-0.15, -0.1) is 5.10 Å². The molecule has 2 heterocycles. The number of amides is 5. The number of carboxylic acids is 1. The number of aliphatic imine (C=N–C) groups is 1. The number of carboxylic acid groups (broad SMARTS) is 1. The Labute approximate surface area is 240 Å². The van der Waals surface area contributed by atoms with E-state index in [1.807, 2.05) is 0 Å². The van der Waals surface area contributed by atoms with Crippen molar-refractivity contribution in [3.8, 4) is 0 Å². The van der Waals surface area contributed by atoms with E-state index in [9.17, 15) is 33.9 Å². The molecule has 232 valence electrons. The second kappa shape index (κ2) is 17.1. The van der Waals surface area contributed by atoms with Crippen LogP contribution in [0.15, 0.2) is 11.2 Å². The van der Waals surface area contributed by atoms with Crippen LogP contribution in [-0.4, -0.2) is 99.3 Å². The van der Waals surface area contributed by atoms with Crippen LogP contribution in [-0.2, 0) is 41.9 Å². The highest BCUT2D eigenvalue weighted by Crippen LogP contribution is 2.06. The van der Waals surface area contributed by atoms with E-state index in [1.54, 1.807) is 0 Å². The number of carbonyl (C=O) groups is 6. The summed E-state index contributed by atoms with van der Waals surface area (Å²) in [4.78, 5) is 79.3. The van der Waals surface area contributed by atoms with Gasteiger partial charge in [0, 0.05) is 6.54 Å². The lowest BCUT2D eigenvalue weighted by Crippen LogP contribution is -2.55. The molecule has 0 spiro atoms. The van der Waals surface area contributed by atoms with Gasteiger partial charge in [-0.1, -0.05) is 5.21 Å². The maximum Gasteiger partial charge on any atom is 0.305 e. The normalized spacial score (nSPS) is 20.9. The average Bonchev–Trinajstić information content (AvgIpc) is 3.37. The Morgan fingerprint density at radius 2 is 1.55 bits per heavy atom. The summed E-state index contributed by atoms with van der Waals surface area (Å²) in [5.74, 6) is -5.09. The van der Waals surface area contributed by atoms with Crippen molar-refractivity contribution in [1.29, 1.82) is 0 Å². The van der Waals surface area contributed by atoms with Crippen molar-refractivity contribution >= 4 is 41.5 Å². The number of hydrogen-bond donors (Lipinski definition) is 9. The highest BCUT2D eigenvalue weighted by atomic mass is 16.4. The molecule has 0 saturated heterocycles. The fraction of sp³-hybridized carbons (Fsp3) is 0.609. The molecule has 1 aromatic rings. The Hall–Kier alpha value is -4.81. The molecule has 19 nitrogen and oxygen atoms in total. The molecule has 0 saturated carbocycles. The van der Waals surface area contributed by atoms with Crippen molar-refractivity contribution in [1.82, 2.24) is 41.6 Å². The van der Waals surface area contributed by atoms with Gasteiger partial charge in [0.1, 0.15) is 30.4 Å². The Morgan fingerprint density at radius 1 is 0.905 bits per heavy atom. The van der Waals surface area contributed by atoms with Crippen LogP contribution in [0.25, 0.3) is 0 Å². The van der Waals surface area contributed by atoms with Gasteiger partial charge in [-0.05, 0) is 38.6 Å². The number of carbonyl (C=O) groups excluding carboxylic acids is 5. The number of unbranched alkanes of at least 4 members (excludes halogenated alkanes) is 1. The number of nitrogens with two attached hydrogens (primary N) is 3. The number of aliphatic carboxylic acids is 1. The number of rotatable bonds is 10. The summed E-state index contributed by atoms with van der Waals surface area (Å²) in [5.41, 5.74) is 16.5. The molecule has 0 aromatic carbocycles. The molecule has 0 unspecified atom stereocenters. The fourth-order valence-corrected chi connectivity index (χ4v) is 3.91. The maximum atomic E-state index is 13.2. The van der Waals surface area contributed by atoms with Crippen LogP contribution in [0, 0.1) is 0 Å². The van der Waals surface area contributed by atoms with E-state index in [2.05, 4.69) is 41.9 Å². The van der Waals surface area contributed by atoms with E-state index in [4.69, 9.17) is 17.2 Å². The number of nitrogens with zero attached hydrogens (tertiary/aromatic N) is 4. The lowest BCUT2D eigenvalue weighted by Gasteiger charge is -2.23. The molecule has 0 radical (unpaired) electrons. The molecule has 1 aliphatic heterocycles. The van der Waals surface area contributed by atoms with Gasteiger partial charge in [0.25, 0.3) is 0 Å². The minimum absolute atomic E-state index is 0.0746. The van der Waals surface area contributed by atoms with Crippen LogP contribution < -0.4 is 43.8 Å². The van der Waals surface area contributed by atoms with E-state index in [1.165, 1.54) is 10.9 Å². The molecule has 12 N–H and O–H groups in total. The molecular formula is C23H38N12O7. The van der Waals surface area contributed by atoms with E-state index in [0.29, 0.717) is 19.4 Å². The second-order valence-electron chi connectivity index (χ2n) is 9.48. The van der Waals surface area contributed by atoms with Gasteiger partial charge in [-0.3, -0.25) is 33.8 Å². The third-order valence-electron chi connectivity index (χ3n) is 5.97. The molecule has 1 aliphatic rings. The Balaban J connectivity index is 2.31. The molecule has 5 amide bonds. The summed E-state index contributed by atoms with van der Waals surface area (Å²) in [6, 6.07) is -3.62. The smallest absolute Gasteiger partial charge is 0.305 e. The summed E-state index contributed by atoms with van der Waals surface area (Å²) < 4.78 is 1.19. The SMILES string of the molecule is NCCCC[C@@H]1NC(=O)Cn2cc(nn2)CNC(=O)[C@@H](CC(=O)O)NC(=O)CNC(=O)[C@@H](CCCN=C(N)N)NC1=O. The lowest BCUT2D eigenvalue weighted by atomic mass is 10.1. The van der Waals surface area contributed by atoms with Crippen molar-refractivity contribution in [2.24, 2.45) is 22.2 Å². The molecule has 2 rings (SSSR count). The van der Waals surface area contributed by atoms with Gasteiger partial charge in [0.15, 0.2) is 5.96 Å². The number of aromatic nitrogens is 3. The summed E-state index contributed by atoms with van der Waals surface area (Å²) in [6.07, 6.45) is 2.36. The zero-order valence-electron chi connectivity index (χ0n) is 23.0. The number of hydrogen-bond acceptors (Lipinski definition) is 10. The van der Waals surface area contributed by atoms with Gasteiger partial charge < -0.3 is 48.9 Å². The van der Waals surface area contributed by atoms with E-state index in [0.717, 1.165) is 0 Å². The first-order valence-corrected chi connectivity index (χ1v) is 13.3. The summed E-state index contributed by atoms with van der Waals surface area (Å²) in [7, 11) is 0. The number of nitrogens with one attached hydrogen (secondary N) is 5. The molecule has 2 bridgehead atoms. The Kier molecular flexibility index (Phi) is 13.6. The molecule has 0 fully saturated rings. The summed E-state index contributed by atoms with van der Waals surface area (Å²) in [5, 5.41) is 29.2. The minimum atomic E-state index is -1.46. The zero-order valence-corrected chi connectivity index (χ0v) is 23.0. The van der Waals surface area contributed by atoms with Crippen LogP contribution >= 0.6 is 0 Å². The van der Waals surface area contributed by atoms with Crippen molar-refractivity contribution in [2.45, 2.75) is 69.7 Å². The van der Waals surface area contributed by atoms with Crippen molar-refractivity contribution in [2.75, 3.05) is 19.6 Å². The van der Waals surface area contributed by atoms with Gasteiger partial charge in [0.2, 0.25) is 29.5 Å². The lowest BCUT2D eigenvalue weighted by molar-refractivity contribution is -0.140. The van der Waals surface area contributed by atoms with Crippen LogP contribution in [0.1, 0.15) is 44.2 Å². The highest BCUT2D eigenvalue weighted by Gasteiger charge is 2.28. The number of guanidine groups is 1.